The number of hydrogen-bond acceptors (Lipinski definition) is 4. The van der Waals surface area contributed by atoms with Gasteiger partial charge in [-0.05, 0) is 55.0 Å². The van der Waals surface area contributed by atoms with E-state index in [1.807, 2.05) is 11.0 Å². The highest BCUT2D eigenvalue weighted by Gasteiger charge is 2.24. The van der Waals surface area contributed by atoms with Crippen LogP contribution in [-0.2, 0) is 0 Å². The molecule has 1 fully saturated rings. The Morgan fingerprint density at radius 2 is 1.68 bits per heavy atom. The van der Waals surface area contributed by atoms with Crippen LogP contribution in [-0.4, -0.2) is 33.4 Å². The lowest BCUT2D eigenvalue weighted by atomic mass is 10.0. The van der Waals surface area contributed by atoms with Crippen LogP contribution in [0.25, 0.3) is 28.0 Å². The normalized spacial score (nSPS) is 13.0. The van der Waals surface area contributed by atoms with Crippen molar-refractivity contribution in [1.82, 2.24) is 14.4 Å². The van der Waals surface area contributed by atoms with Gasteiger partial charge in [0.05, 0.1) is 22.8 Å². The summed E-state index contributed by atoms with van der Waals surface area (Å²) in [7, 11) is 0. The molecule has 0 atom stereocenters. The van der Waals surface area contributed by atoms with Crippen molar-refractivity contribution < 1.29 is 18.0 Å². The third kappa shape index (κ3) is 4.08. The number of nitrogens with zero attached hydrogens (tertiary/aromatic N) is 4. The highest BCUT2D eigenvalue weighted by Crippen LogP contribution is 2.33. The second-order valence-corrected chi connectivity index (χ2v) is 8.76. The van der Waals surface area contributed by atoms with Crippen LogP contribution in [0.2, 0.25) is 0 Å². The molecular formula is C28H20F3N5O. The van der Waals surface area contributed by atoms with Gasteiger partial charge in [0.25, 0.3) is 5.91 Å². The summed E-state index contributed by atoms with van der Waals surface area (Å²) in [6, 6.07) is 14.9. The predicted octanol–water partition coefficient (Wildman–Crippen LogP) is 5.94. The minimum absolute atomic E-state index is 0.0442. The lowest BCUT2D eigenvalue weighted by molar-refractivity contribution is 0.102. The summed E-state index contributed by atoms with van der Waals surface area (Å²) in [5.41, 5.74) is 2.90. The van der Waals surface area contributed by atoms with Crippen molar-refractivity contribution >= 4 is 22.9 Å². The van der Waals surface area contributed by atoms with Crippen molar-refractivity contribution in [3.63, 3.8) is 0 Å². The Kier molecular flexibility index (Phi) is 5.60. The molecule has 184 valence electrons. The van der Waals surface area contributed by atoms with Crippen molar-refractivity contribution in [2.45, 2.75) is 6.42 Å². The zero-order valence-electron chi connectivity index (χ0n) is 19.5. The number of fused-ring (bicyclic) bond motifs is 1. The zero-order valence-corrected chi connectivity index (χ0v) is 19.5. The minimum atomic E-state index is -0.972. The van der Waals surface area contributed by atoms with Gasteiger partial charge in [-0.15, -0.1) is 0 Å². The maximum atomic E-state index is 14.5. The topological polar surface area (TPSA) is 62.5 Å². The second-order valence-electron chi connectivity index (χ2n) is 8.76. The molecule has 1 saturated heterocycles. The van der Waals surface area contributed by atoms with E-state index >= 15 is 0 Å². The molecule has 0 aliphatic carbocycles. The Labute approximate surface area is 210 Å². The van der Waals surface area contributed by atoms with E-state index in [1.54, 1.807) is 35.1 Å². The van der Waals surface area contributed by atoms with Gasteiger partial charge in [-0.1, -0.05) is 12.1 Å². The van der Waals surface area contributed by atoms with E-state index in [4.69, 9.17) is 0 Å². The molecule has 6 rings (SSSR count). The first-order chi connectivity index (χ1) is 18.0. The third-order valence-corrected chi connectivity index (χ3v) is 6.44. The number of nitrogens with one attached hydrogen (secondary N) is 1. The van der Waals surface area contributed by atoms with E-state index in [1.165, 1.54) is 36.4 Å². The van der Waals surface area contributed by atoms with Crippen molar-refractivity contribution in [1.29, 1.82) is 0 Å². The number of carbonyl (C=O) groups is 1. The number of benzene rings is 2. The van der Waals surface area contributed by atoms with E-state index in [0.717, 1.165) is 31.1 Å². The van der Waals surface area contributed by atoms with Gasteiger partial charge in [-0.2, -0.15) is 0 Å². The SMILES string of the molecule is O=C(Nc1ccc(F)cc1)c1cc(-c2cccn3c(-c4cccc(F)c4F)ncc23)cnc1N1CCC1. The summed E-state index contributed by atoms with van der Waals surface area (Å²) in [5, 5.41) is 2.81. The maximum Gasteiger partial charge on any atom is 0.259 e. The van der Waals surface area contributed by atoms with Crippen molar-refractivity contribution in [3.05, 3.63) is 102 Å². The molecule has 1 amide bonds. The molecule has 37 heavy (non-hydrogen) atoms. The maximum absolute atomic E-state index is 14.5. The summed E-state index contributed by atoms with van der Waals surface area (Å²) in [6.07, 6.45) is 6.00. The Balaban J connectivity index is 1.43. The van der Waals surface area contributed by atoms with E-state index in [2.05, 4.69) is 15.3 Å². The smallest absolute Gasteiger partial charge is 0.259 e. The van der Waals surface area contributed by atoms with Crippen LogP contribution >= 0.6 is 0 Å². The van der Waals surface area contributed by atoms with Crippen LogP contribution in [0, 0.1) is 17.5 Å². The summed E-state index contributed by atoms with van der Waals surface area (Å²) in [4.78, 5) is 24.3. The molecular weight excluding hydrogens is 479 g/mol. The molecule has 0 radical (unpaired) electrons. The first kappa shape index (κ1) is 22.8. The van der Waals surface area contributed by atoms with E-state index < -0.39 is 17.5 Å². The average molecular weight is 499 g/mol. The highest BCUT2D eigenvalue weighted by molar-refractivity contribution is 6.08. The number of anilines is 2. The molecule has 1 N–H and O–H groups in total. The first-order valence-electron chi connectivity index (χ1n) is 11.7. The fourth-order valence-corrected chi connectivity index (χ4v) is 4.43. The third-order valence-electron chi connectivity index (χ3n) is 6.44. The average Bonchev–Trinajstić information content (AvgIpc) is 3.30. The fraction of sp³-hybridized carbons (Fsp3) is 0.107. The molecule has 0 bridgehead atoms. The van der Waals surface area contributed by atoms with Crippen LogP contribution in [0.15, 0.2) is 79.3 Å². The predicted molar refractivity (Wildman–Crippen MR) is 135 cm³/mol. The first-order valence-corrected chi connectivity index (χ1v) is 11.7. The molecule has 0 spiro atoms. The Morgan fingerprint density at radius 3 is 2.43 bits per heavy atom. The number of aromatic nitrogens is 3. The quantitative estimate of drug-likeness (QED) is 0.325. The van der Waals surface area contributed by atoms with Crippen LogP contribution in [0.3, 0.4) is 0 Å². The van der Waals surface area contributed by atoms with Crippen LogP contribution in [0.4, 0.5) is 24.7 Å². The number of hydrogen-bond donors (Lipinski definition) is 1. The molecule has 1 aliphatic heterocycles. The number of pyridine rings is 2. The molecule has 6 nitrogen and oxygen atoms in total. The number of amides is 1. The fourth-order valence-electron chi connectivity index (χ4n) is 4.43. The Bertz CT molecular complexity index is 1640. The molecule has 1 aliphatic rings. The molecule has 3 aromatic heterocycles. The number of rotatable bonds is 5. The standard InChI is InChI=1S/C28H20F3N5O/c29-18-7-9-19(10-8-18)34-28(37)22-14-17(15-32-26(22)35-11-3-12-35)20-5-2-13-36-24(20)16-33-27(36)21-4-1-6-23(30)25(21)31/h1-2,4-10,13-16H,3,11-12H2,(H,34,37). The summed E-state index contributed by atoms with van der Waals surface area (Å²) < 4.78 is 43.4. The lowest BCUT2D eigenvalue weighted by Crippen LogP contribution is -2.39. The van der Waals surface area contributed by atoms with Crippen molar-refractivity contribution in [2.24, 2.45) is 0 Å². The van der Waals surface area contributed by atoms with Crippen molar-refractivity contribution in [3.8, 4) is 22.5 Å². The van der Waals surface area contributed by atoms with Gasteiger partial charge in [-0.3, -0.25) is 9.20 Å². The van der Waals surface area contributed by atoms with Crippen LogP contribution in [0.1, 0.15) is 16.8 Å². The van der Waals surface area contributed by atoms with E-state index in [0.29, 0.717) is 28.1 Å². The largest absolute Gasteiger partial charge is 0.356 e. The van der Waals surface area contributed by atoms with Gasteiger partial charge in [0.1, 0.15) is 17.5 Å². The van der Waals surface area contributed by atoms with Gasteiger partial charge >= 0.3 is 0 Å². The Morgan fingerprint density at radius 1 is 0.892 bits per heavy atom. The van der Waals surface area contributed by atoms with Gasteiger partial charge < -0.3 is 10.2 Å². The van der Waals surface area contributed by atoms with Gasteiger partial charge in [0, 0.05) is 42.3 Å². The molecule has 2 aromatic carbocycles. The second kappa shape index (κ2) is 9.09. The van der Waals surface area contributed by atoms with Gasteiger partial charge in [0.15, 0.2) is 11.6 Å². The molecule has 4 heterocycles. The Hall–Kier alpha value is -4.66. The highest BCUT2D eigenvalue weighted by atomic mass is 19.2. The molecule has 0 unspecified atom stereocenters. The molecule has 5 aromatic rings. The van der Waals surface area contributed by atoms with Gasteiger partial charge in [-0.25, -0.2) is 23.1 Å². The summed E-state index contributed by atoms with van der Waals surface area (Å²) in [5.74, 6) is -1.86. The number of carbonyl (C=O) groups excluding carboxylic acids is 1. The van der Waals surface area contributed by atoms with Crippen LogP contribution in [0.5, 0.6) is 0 Å². The van der Waals surface area contributed by atoms with Crippen molar-refractivity contribution in [2.75, 3.05) is 23.3 Å². The minimum Gasteiger partial charge on any atom is -0.356 e. The van der Waals surface area contributed by atoms with E-state index in [9.17, 15) is 18.0 Å². The lowest BCUT2D eigenvalue weighted by Gasteiger charge is -2.33. The van der Waals surface area contributed by atoms with Crippen LogP contribution < -0.4 is 10.2 Å². The summed E-state index contributed by atoms with van der Waals surface area (Å²) >= 11 is 0. The molecule has 9 heteroatoms. The molecule has 0 saturated carbocycles. The van der Waals surface area contributed by atoms with E-state index in [-0.39, 0.29) is 17.3 Å². The monoisotopic (exact) mass is 499 g/mol. The number of halogens is 3. The van der Waals surface area contributed by atoms with Gasteiger partial charge in [0.2, 0.25) is 0 Å². The zero-order chi connectivity index (χ0) is 25.5. The number of imidazole rings is 1. The summed E-state index contributed by atoms with van der Waals surface area (Å²) in [6.45, 7) is 1.59.